The minimum atomic E-state index is -0.00737. The first-order valence-corrected chi connectivity index (χ1v) is 8.35. The lowest BCUT2D eigenvalue weighted by molar-refractivity contribution is -0.119. The topological polar surface area (TPSA) is 55.1 Å². The smallest absolute Gasteiger partial charge is 0.230 e. The number of halogens is 1. The van der Waals surface area contributed by atoms with Gasteiger partial charge in [-0.3, -0.25) is 4.79 Å². The Morgan fingerprint density at radius 1 is 1.29 bits per heavy atom. The van der Waals surface area contributed by atoms with Crippen LogP contribution in [0.3, 0.4) is 0 Å². The molecule has 3 N–H and O–H groups in total. The molecule has 5 heteroatoms. The second-order valence-corrected chi connectivity index (χ2v) is 6.67. The number of amides is 1. The fraction of sp³-hybridized carbons (Fsp3) is 0.188. The summed E-state index contributed by atoms with van der Waals surface area (Å²) in [4.78, 5) is 13.0. The zero-order valence-electron chi connectivity index (χ0n) is 11.7. The number of rotatable bonds is 5. The molecule has 0 spiro atoms. The third-order valence-electron chi connectivity index (χ3n) is 2.98. The highest BCUT2D eigenvalue weighted by Gasteiger charge is 2.09. The van der Waals surface area contributed by atoms with Crippen molar-refractivity contribution in [1.29, 1.82) is 0 Å². The summed E-state index contributed by atoms with van der Waals surface area (Å²) in [7, 11) is 0. The Labute approximate surface area is 137 Å². The zero-order valence-corrected chi connectivity index (χ0v) is 14.1. The summed E-state index contributed by atoms with van der Waals surface area (Å²) in [6.45, 7) is 1.98. The second-order valence-electron chi connectivity index (χ2n) is 4.70. The van der Waals surface area contributed by atoms with Crippen LogP contribution in [0.4, 0.5) is 5.69 Å². The average Bonchev–Trinajstić information content (AvgIpc) is 2.46. The Kier molecular flexibility index (Phi) is 5.70. The van der Waals surface area contributed by atoms with Gasteiger partial charge in [0.2, 0.25) is 5.91 Å². The van der Waals surface area contributed by atoms with Gasteiger partial charge in [-0.25, -0.2) is 0 Å². The first-order chi connectivity index (χ1) is 10.0. The monoisotopic (exact) mass is 364 g/mol. The standard InChI is InChI=1S/C16H17BrN2OS/c1-11(12-5-7-13(17)8-6-12)19-16(20)10-21-15-4-2-3-14(18)9-15/h2-9,11H,10,18H2,1H3,(H,19,20). The molecular weight excluding hydrogens is 348 g/mol. The number of thioether (sulfide) groups is 1. The first-order valence-electron chi connectivity index (χ1n) is 6.58. The van der Waals surface area contributed by atoms with E-state index in [9.17, 15) is 4.79 Å². The molecule has 2 aromatic rings. The molecule has 0 aromatic heterocycles. The molecule has 1 amide bonds. The molecule has 0 bridgehead atoms. The third-order valence-corrected chi connectivity index (χ3v) is 4.50. The molecule has 21 heavy (non-hydrogen) atoms. The molecule has 0 aliphatic heterocycles. The van der Waals surface area contributed by atoms with Crippen LogP contribution >= 0.6 is 27.7 Å². The minimum absolute atomic E-state index is 0.00737. The van der Waals surface area contributed by atoms with Crippen molar-refractivity contribution in [3.8, 4) is 0 Å². The van der Waals surface area contributed by atoms with E-state index in [-0.39, 0.29) is 11.9 Å². The molecule has 110 valence electrons. The summed E-state index contributed by atoms with van der Waals surface area (Å²) in [5, 5.41) is 2.99. The highest BCUT2D eigenvalue weighted by Crippen LogP contribution is 2.21. The van der Waals surface area contributed by atoms with E-state index in [0.717, 1.165) is 14.9 Å². The lowest BCUT2D eigenvalue weighted by Crippen LogP contribution is -2.28. The minimum Gasteiger partial charge on any atom is -0.399 e. The van der Waals surface area contributed by atoms with Gasteiger partial charge in [-0.1, -0.05) is 34.1 Å². The summed E-state index contributed by atoms with van der Waals surface area (Å²) in [6, 6.07) is 15.5. The number of hydrogen-bond acceptors (Lipinski definition) is 3. The fourth-order valence-corrected chi connectivity index (χ4v) is 2.91. The fourth-order valence-electron chi connectivity index (χ4n) is 1.87. The van der Waals surface area contributed by atoms with Gasteiger partial charge in [-0.2, -0.15) is 0 Å². The van der Waals surface area contributed by atoms with Gasteiger partial charge >= 0.3 is 0 Å². The number of benzene rings is 2. The van der Waals surface area contributed by atoms with Gasteiger partial charge in [0.05, 0.1) is 11.8 Å². The summed E-state index contributed by atoms with van der Waals surface area (Å²) in [6.07, 6.45) is 0. The van der Waals surface area contributed by atoms with Crippen molar-refractivity contribution >= 4 is 39.3 Å². The largest absolute Gasteiger partial charge is 0.399 e. The number of carbonyl (C=O) groups is 1. The van der Waals surface area contributed by atoms with Crippen LogP contribution in [0.1, 0.15) is 18.5 Å². The van der Waals surface area contributed by atoms with Gasteiger partial charge in [0.25, 0.3) is 0 Å². The van der Waals surface area contributed by atoms with E-state index >= 15 is 0 Å². The molecule has 0 heterocycles. The number of hydrogen-bond donors (Lipinski definition) is 2. The number of nitrogen functional groups attached to an aromatic ring is 1. The Hall–Kier alpha value is -1.46. The van der Waals surface area contributed by atoms with Crippen molar-refractivity contribution in [3.63, 3.8) is 0 Å². The van der Waals surface area contributed by atoms with Crippen LogP contribution in [0.2, 0.25) is 0 Å². The second kappa shape index (κ2) is 7.52. The molecular formula is C16H17BrN2OS. The predicted molar refractivity (Wildman–Crippen MR) is 92.3 cm³/mol. The van der Waals surface area contributed by atoms with Gasteiger partial charge in [0.15, 0.2) is 0 Å². The van der Waals surface area contributed by atoms with E-state index in [1.54, 1.807) is 0 Å². The van der Waals surface area contributed by atoms with Crippen molar-refractivity contribution in [2.24, 2.45) is 0 Å². The van der Waals surface area contributed by atoms with Gasteiger partial charge in [-0.15, -0.1) is 11.8 Å². The average molecular weight is 365 g/mol. The normalized spacial score (nSPS) is 11.9. The molecule has 3 nitrogen and oxygen atoms in total. The molecule has 1 atom stereocenters. The van der Waals surface area contributed by atoms with Gasteiger partial charge in [0.1, 0.15) is 0 Å². The van der Waals surface area contributed by atoms with Crippen molar-refractivity contribution < 1.29 is 4.79 Å². The van der Waals surface area contributed by atoms with Crippen LogP contribution in [-0.4, -0.2) is 11.7 Å². The number of carbonyl (C=O) groups excluding carboxylic acids is 1. The number of anilines is 1. The zero-order chi connectivity index (χ0) is 15.2. The van der Waals surface area contributed by atoms with Gasteiger partial charge < -0.3 is 11.1 Å². The summed E-state index contributed by atoms with van der Waals surface area (Å²) in [5.41, 5.74) is 7.51. The van der Waals surface area contributed by atoms with E-state index in [1.807, 2.05) is 55.5 Å². The molecule has 2 aromatic carbocycles. The SMILES string of the molecule is CC(NC(=O)CSc1cccc(N)c1)c1ccc(Br)cc1. The van der Waals surface area contributed by atoms with E-state index in [4.69, 9.17) is 5.73 Å². The Bertz CT molecular complexity index is 616. The lowest BCUT2D eigenvalue weighted by atomic mass is 10.1. The van der Waals surface area contributed by atoms with Gasteiger partial charge in [0, 0.05) is 15.1 Å². The number of nitrogens with one attached hydrogen (secondary N) is 1. The maximum absolute atomic E-state index is 12.0. The van der Waals surface area contributed by atoms with Crippen molar-refractivity contribution in [2.75, 3.05) is 11.5 Å². The number of nitrogens with two attached hydrogens (primary N) is 1. The van der Waals surface area contributed by atoms with Crippen LogP contribution in [0, 0.1) is 0 Å². The van der Waals surface area contributed by atoms with E-state index in [1.165, 1.54) is 11.8 Å². The van der Waals surface area contributed by atoms with E-state index in [2.05, 4.69) is 21.2 Å². The maximum atomic E-state index is 12.0. The molecule has 1 unspecified atom stereocenters. The quantitative estimate of drug-likeness (QED) is 0.622. The van der Waals surface area contributed by atoms with Crippen LogP contribution in [0.25, 0.3) is 0 Å². The lowest BCUT2D eigenvalue weighted by Gasteiger charge is -2.14. The Morgan fingerprint density at radius 3 is 2.67 bits per heavy atom. The first kappa shape index (κ1) is 15.9. The van der Waals surface area contributed by atoms with Crippen molar-refractivity contribution in [1.82, 2.24) is 5.32 Å². The summed E-state index contributed by atoms with van der Waals surface area (Å²) < 4.78 is 1.03. The molecule has 0 fully saturated rings. The predicted octanol–water partition coefficient (Wildman–Crippen LogP) is 4.00. The molecule has 0 saturated heterocycles. The van der Waals surface area contributed by atoms with Gasteiger partial charge in [-0.05, 0) is 42.8 Å². The Balaban J connectivity index is 1.85. The molecule has 0 aliphatic rings. The van der Waals surface area contributed by atoms with Crippen LogP contribution < -0.4 is 11.1 Å². The molecule has 0 aliphatic carbocycles. The highest BCUT2D eigenvalue weighted by atomic mass is 79.9. The molecule has 0 saturated carbocycles. The third kappa shape index (κ3) is 5.10. The van der Waals surface area contributed by atoms with Crippen LogP contribution in [-0.2, 0) is 4.79 Å². The molecule has 0 radical (unpaired) electrons. The van der Waals surface area contributed by atoms with Crippen molar-refractivity contribution in [3.05, 3.63) is 58.6 Å². The molecule has 2 rings (SSSR count). The summed E-state index contributed by atoms with van der Waals surface area (Å²) in [5.74, 6) is 0.391. The maximum Gasteiger partial charge on any atom is 0.230 e. The summed E-state index contributed by atoms with van der Waals surface area (Å²) >= 11 is 4.88. The highest BCUT2D eigenvalue weighted by molar-refractivity contribution is 9.10. The van der Waals surface area contributed by atoms with E-state index < -0.39 is 0 Å². The van der Waals surface area contributed by atoms with Crippen LogP contribution in [0.5, 0.6) is 0 Å². The van der Waals surface area contributed by atoms with Crippen LogP contribution in [0.15, 0.2) is 57.9 Å². The van der Waals surface area contributed by atoms with Crippen molar-refractivity contribution in [2.45, 2.75) is 17.9 Å². The van der Waals surface area contributed by atoms with E-state index in [0.29, 0.717) is 11.4 Å². The Morgan fingerprint density at radius 2 is 2.00 bits per heavy atom.